The number of fused-ring (bicyclic) bond motifs is 1. The maximum atomic E-state index is 13.2. The number of hydrogen-bond acceptors (Lipinski definition) is 2. The Morgan fingerprint density at radius 1 is 1.33 bits per heavy atom. The van der Waals surface area contributed by atoms with Gasteiger partial charge in [0.2, 0.25) is 0 Å². The molecular weight excluding hydrogens is 207 g/mol. The van der Waals surface area contributed by atoms with E-state index in [-0.39, 0.29) is 39.0 Å². The Labute approximate surface area is 86.1 Å². The number of aliphatic hydroxyl groups is 1. The van der Waals surface area contributed by atoms with Crippen molar-refractivity contribution in [3.05, 3.63) is 0 Å². The Balaban J connectivity index is 1.86. The predicted octanol–water partition coefficient (Wildman–Crippen LogP) is 1.19. The van der Waals surface area contributed by atoms with Gasteiger partial charge in [-0.1, -0.05) is 0 Å². The first-order valence-electron chi connectivity index (χ1n) is 5.31. The summed E-state index contributed by atoms with van der Waals surface area (Å²) in [6.07, 6.45) is -0.595. The van der Waals surface area contributed by atoms with Gasteiger partial charge in [0.15, 0.2) is 0 Å². The largest absolute Gasteiger partial charge is 0.394 e. The molecule has 1 aliphatic carbocycles. The summed E-state index contributed by atoms with van der Waals surface area (Å²) in [7, 11) is 0. The standard InChI is InChI=1S/C10H14F3NO/c11-7-1-9(6-15)3-8(4-10(8,12)13)5-14(9)2-7/h7,15H,1-6H2/t7-,8-,9-/m0/s1. The van der Waals surface area contributed by atoms with E-state index in [9.17, 15) is 18.3 Å². The number of halogens is 3. The zero-order valence-electron chi connectivity index (χ0n) is 8.35. The molecule has 5 heteroatoms. The molecule has 2 nitrogen and oxygen atoms in total. The lowest BCUT2D eigenvalue weighted by Crippen LogP contribution is -2.41. The van der Waals surface area contributed by atoms with Crippen molar-refractivity contribution in [3.63, 3.8) is 0 Å². The first kappa shape index (κ1) is 9.90. The van der Waals surface area contributed by atoms with Crippen molar-refractivity contribution in [2.45, 2.75) is 36.9 Å². The van der Waals surface area contributed by atoms with Gasteiger partial charge in [-0.15, -0.1) is 0 Å². The Morgan fingerprint density at radius 2 is 2.00 bits per heavy atom. The van der Waals surface area contributed by atoms with Crippen molar-refractivity contribution in [3.8, 4) is 0 Å². The average molecular weight is 221 g/mol. The summed E-state index contributed by atoms with van der Waals surface area (Å²) in [4.78, 5) is 1.73. The van der Waals surface area contributed by atoms with Crippen LogP contribution in [0.4, 0.5) is 13.2 Å². The second kappa shape index (κ2) is 2.51. The molecule has 3 aliphatic rings. The minimum atomic E-state index is -2.59. The van der Waals surface area contributed by atoms with Crippen LogP contribution >= 0.6 is 0 Å². The van der Waals surface area contributed by atoms with Gasteiger partial charge in [-0.25, -0.2) is 13.2 Å². The highest BCUT2D eigenvalue weighted by Crippen LogP contribution is 2.69. The van der Waals surface area contributed by atoms with Crippen molar-refractivity contribution in [1.82, 2.24) is 4.90 Å². The summed E-state index contributed by atoms with van der Waals surface area (Å²) < 4.78 is 39.6. The van der Waals surface area contributed by atoms with Gasteiger partial charge in [-0.3, -0.25) is 4.90 Å². The Bertz CT molecular complexity index is 311. The topological polar surface area (TPSA) is 23.5 Å². The first-order valence-corrected chi connectivity index (χ1v) is 5.31. The number of nitrogens with zero attached hydrogens (tertiary/aromatic N) is 1. The molecule has 0 radical (unpaired) electrons. The fourth-order valence-corrected chi connectivity index (χ4v) is 3.47. The van der Waals surface area contributed by atoms with Gasteiger partial charge in [0, 0.05) is 31.5 Å². The molecule has 0 unspecified atom stereocenters. The van der Waals surface area contributed by atoms with E-state index < -0.39 is 23.0 Å². The van der Waals surface area contributed by atoms with E-state index in [1.807, 2.05) is 0 Å². The quantitative estimate of drug-likeness (QED) is 0.719. The highest BCUT2D eigenvalue weighted by molar-refractivity contribution is 5.22. The molecule has 1 N–H and O–H groups in total. The summed E-state index contributed by atoms with van der Waals surface area (Å²) in [5.41, 5.74) is -1.64. The molecule has 0 bridgehead atoms. The van der Waals surface area contributed by atoms with E-state index in [4.69, 9.17) is 0 Å². The van der Waals surface area contributed by atoms with Gasteiger partial charge in [-0.05, 0) is 6.42 Å². The molecule has 1 spiro atoms. The van der Waals surface area contributed by atoms with Gasteiger partial charge in [0.1, 0.15) is 6.17 Å². The summed E-state index contributed by atoms with van der Waals surface area (Å²) in [6, 6.07) is 0. The monoisotopic (exact) mass is 221 g/mol. The molecule has 2 aliphatic heterocycles. The average Bonchev–Trinajstić information content (AvgIpc) is 2.38. The maximum Gasteiger partial charge on any atom is 0.255 e. The van der Waals surface area contributed by atoms with Crippen LogP contribution in [0.2, 0.25) is 0 Å². The molecule has 0 amide bonds. The van der Waals surface area contributed by atoms with Gasteiger partial charge in [0.25, 0.3) is 5.92 Å². The van der Waals surface area contributed by atoms with E-state index in [2.05, 4.69) is 0 Å². The third-order valence-electron chi connectivity index (χ3n) is 4.36. The van der Waals surface area contributed by atoms with E-state index >= 15 is 0 Å². The summed E-state index contributed by atoms with van der Waals surface area (Å²) >= 11 is 0. The van der Waals surface area contributed by atoms with Crippen LogP contribution in [0.1, 0.15) is 19.3 Å². The van der Waals surface area contributed by atoms with Crippen LogP contribution < -0.4 is 0 Å². The molecule has 0 aromatic rings. The SMILES string of the molecule is OC[C@@]12C[C@H](F)CN1C[C@@]1(CC1(F)F)C2. The van der Waals surface area contributed by atoms with Crippen molar-refractivity contribution in [2.24, 2.45) is 5.41 Å². The van der Waals surface area contributed by atoms with Crippen LogP contribution in [0.5, 0.6) is 0 Å². The van der Waals surface area contributed by atoms with Crippen LogP contribution in [-0.4, -0.2) is 47.3 Å². The highest BCUT2D eigenvalue weighted by Gasteiger charge is 2.77. The van der Waals surface area contributed by atoms with Crippen LogP contribution in [0, 0.1) is 5.41 Å². The molecule has 1 saturated carbocycles. The Hall–Kier alpha value is -0.290. The van der Waals surface area contributed by atoms with E-state index in [0.717, 1.165) is 0 Å². The Kier molecular flexibility index (Phi) is 1.66. The molecular formula is C10H14F3NO. The molecule has 15 heavy (non-hydrogen) atoms. The van der Waals surface area contributed by atoms with Crippen molar-refractivity contribution in [1.29, 1.82) is 0 Å². The molecule has 3 fully saturated rings. The lowest BCUT2D eigenvalue weighted by Gasteiger charge is -2.28. The van der Waals surface area contributed by atoms with E-state index in [1.165, 1.54) is 0 Å². The first-order chi connectivity index (χ1) is 6.93. The lowest BCUT2D eigenvalue weighted by atomic mass is 9.88. The van der Waals surface area contributed by atoms with Crippen molar-refractivity contribution < 1.29 is 18.3 Å². The van der Waals surface area contributed by atoms with Crippen LogP contribution in [0.15, 0.2) is 0 Å². The zero-order valence-corrected chi connectivity index (χ0v) is 8.35. The molecule has 2 heterocycles. The highest BCUT2D eigenvalue weighted by atomic mass is 19.3. The van der Waals surface area contributed by atoms with Gasteiger partial charge >= 0.3 is 0 Å². The Morgan fingerprint density at radius 3 is 2.47 bits per heavy atom. The number of aliphatic hydroxyl groups excluding tert-OH is 1. The van der Waals surface area contributed by atoms with Gasteiger partial charge in [-0.2, -0.15) is 0 Å². The van der Waals surface area contributed by atoms with Gasteiger partial charge < -0.3 is 5.11 Å². The molecule has 0 aromatic heterocycles. The minimum Gasteiger partial charge on any atom is -0.394 e. The molecule has 3 atom stereocenters. The fraction of sp³-hybridized carbons (Fsp3) is 1.00. The molecule has 0 aromatic carbocycles. The zero-order chi connectivity index (χ0) is 10.9. The van der Waals surface area contributed by atoms with Crippen LogP contribution in [0.3, 0.4) is 0 Å². The van der Waals surface area contributed by atoms with E-state index in [0.29, 0.717) is 0 Å². The second-order valence-corrected chi connectivity index (χ2v) is 5.40. The third-order valence-corrected chi connectivity index (χ3v) is 4.36. The summed E-state index contributed by atoms with van der Waals surface area (Å²) in [5.74, 6) is -2.59. The number of hydrogen-bond donors (Lipinski definition) is 1. The lowest BCUT2D eigenvalue weighted by molar-refractivity contribution is 0.0630. The van der Waals surface area contributed by atoms with Crippen molar-refractivity contribution >= 4 is 0 Å². The summed E-state index contributed by atoms with van der Waals surface area (Å²) in [5, 5.41) is 9.32. The molecule has 86 valence electrons. The smallest absolute Gasteiger partial charge is 0.255 e. The second-order valence-electron chi connectivity index (χ2n) is 5.40. The fourth-order valence-electron chi connectivity index (χ4n) is 3.47. The van der Waals surface area contributed by atoms with Crippen LogP contribution in [-0.2, 0) is 0 Å². The summed E-state index contributed by atoms with van der Waals surface area (Å²) in [6.45, 7) is 0.255. The normalized spacial score (nSPS) is 52.4. The third kappa shape index (κ3) is 1.08. The van der Waals surface area contributed by atoms with Crippen molar-refractivity contribution in [2.75, 3.05) is 19.7 Å². The maximum absolute atomic E-state index is 13.2. The molecule has 2 saturated heterocycles. The van der Waals surface area contributed by atoms with Gasteiger partial charge in [0.05, 0.1) is 12.0 Å². The number of alkyl halides is 3. The minimum absolute atomic E-state index is 0.0881. The predicted molar refractivity (Wildman–Crippen MR) is 47.5 cm³/mol. The number of rotatable bonds is 1. The molecule has 3 rings (SSSR count). The van der Waals surface area contributed by atoms with E-state index in [1.54, 1.807) is 4.90 Å². The van der Waals surface area contributed by atoms with Crippen LogP contribution in [0.25, 0.3) is 0 Å².